The predicted molar refractivity (Wildman–Crippen MR) is 111 cm³/mol. The molecule has 2 aromatic rings. The Balaban J connectivity index is 2.06. The van der Waals surface area contributed by atoms with E-state index < -0.39 is 15.9 Å². The van der Waals surface area contributed by atoms with Gasteiger partial charge in [0.15, 0.2) is 0 Å². The molecule has 2 rings (SSSR count). The molecule has 9 heteroatoms. The second-order valence-electron chi connectivity index (χ2n) is 6.28. The molecule has 0 saturated heterocycles. The lowest BCUT2D eigenvalue weighted by Crippen LogP contribution is -2.32. The Morgan fingerprint density at radius 3 is 2.46 bits per heavy atom. The number of hydrogen-bond acceptors (Lipinski definition) is 4. The van der Waals surface area contributed by atoms with Crippen molar-refractivity contribution < 1.29 is 18.0 Å². The molecule has 0 aliphatic heterocycles. The third-order valence-corrected chi connectivity index (χ3v) is 5.73. The summed E-state index contributed by atoms with van der Waals surface area (Å²) in [6, 6.07) is 11.5. The van der Waals surface area contributed by atoms with Gasteiger partial charge in [0.2, 0.25) is 15.9 Å². The van der Waals surface area contributed by atoms with Crippen molar-refractivity contribution in [3.05, 3.63) is 58.6 Å². The van der Waals surface area contributed by atoms with Crippen LogP contribution in [0.4, 0.5) is 11.4 Å². The Morgan fingerprint density at radius 2 is 1.82 bits per heavy atom. The van der Waals surface area contributed by atoms with E-state index in [-0.39, 0.29) is 30.9 Å². The number of amides is 2. The number of carbonyl (C=O) groups is 2. The minimum atomic E-state index is -3.55. The number of rotatable bonds is 8. The number of halogens is 1. The zero-order valence-electron chi connectivity index (χ0n) is 15.6. The maximum absolute atomic E-state index is 12.2. The number of nitrogens with two attached hydrogens (primary N) is 1. The number of carbonyl (C=O) groups excluding carboxylic acids is 2. The minimum Gasteiger partial charge on any atom is -0.366 e. The number of para-hydroxylation sites is 1. The first kappa shape index (κ1) is 21.7. The lowest BCUT2D eigenvalue weighted by Gasteiger charge is -2.24. The van der Waals surface area contributed by atoms with Crippen LogP contribution in [-0.4, -0.2) is 33.0 Å². The molecule has 0 atom stereocenters. The highest BCUT2D eigenvalue weighted by Gasteiger charge is 2.20. The van der Waals surface area contributed by atoms with E-state index in [1.54, 1.807) is 43.3 Å². The smallest absolute Gasteiger partial charge is 0.250 e. The second kappa shape index (κ2) is 9.07. The van der Waals surface area contributed by atoms with Gasteiger partial charge in [-0.05, 0) is 43.2 Å². The maximum Gasteiger partial charge on any atom is 0.250 e. The van der Waals surface area contributed by atoms with Crippen molar-refractivity contribution in [2.75, 3.05) is 22.4 Å². The lowest BCUT2D eigenvalue weighted by atomic mass is 10.1. The highest BCUT2D eigenvalue weighted by atomic mass is 35.5. The van der Waals surface area contributed by atoms with E-state index in [4.69, 9.17) is 17.3 Å². The van der Waals surface area contributed by atoms with E-state index in [0.29, 0.717) is 22.0 Å². The van der Waals surface area contributed by atoms with Gasteiger partial charge in [0, 0.05) is 18.0 Å². The van der Waals surface area contributed by atoms with Crippen LogP contribution in [0, 0.1) is 6.92 Å². The first-order valence-electron chi connectivity index (χ1n) is 8.52. The number of nitrogens with one attached hydrogen (secondary N) is 1. The summed E-state index contributed by atoms with van der Waals surface area (Å²) in [5.41, 5.74) is 6.96. The summed E-state index contributed by atoms with van der Waals surface area (Å²) in [4.78, 5) is 23.6. The lowest BCUT2D eigenvalue weighted by molar-refractivity contribution is -0.116. The molecule has 0 radical (unpaired) electrons. The van der Waals surface area contributed by atoms with Gasteiger partial charge in [-0.1, -0.05) is 29.8 Å². The van der Waals surface area contributed by atoms with Crippen LogP contribution in [0.25, 0.3) is 0 Å². The second-order valence-corrected chi connectivity index (χ2v) is 8.59. The molecule has 0 aliphatic rings. The van der Waals surface area contributed by atoms with Crippen LogP contribution in [-0.2, 0) is 14.8 Å². The molecule has 2 aromatic carbocycles. The fraction of sp³-hybridized carbons (Fsp3) is 0.263. The molecule has 0 saturated carbocycles. The number of sulfonamides is 1. The van der Waals surface area contributed by atoms with Crippen molar-refractivity contribution >= 4 is 44.8 Å². The van der Waals surface area contributed by atoms with E-state index >= 15 is 0 Å². The fourth-order valence-electron chi connectivity index (χ4n) is 2.73. The molecular formula is C19H22ClN3O4S. The fourth-order valence-corrected chi connectivity index (χ4v) is 3.92. The van der Waals surface area contributed by atoms with Crippen LogP contribution in [0.2, 0.25) is 5.02 Å². The monoisotopic (exact) mass is 423 g/mol. The third kappa shape index (κ3) is 5.46. The summed E-state index contributed by atoms with van der Waals surface area (Å²) in [6.45, 7) is 1.86. The van der Waals surface area contributed by atoms with Crippen molar-refractivity contribution in [3.63, 3.8) is 0 Å². The SMILES string of the molecule is Cc1c(Cl)cccc1N(CCCC(=O)Nc1ccccc1C(N)=O)S(C)(=O)=O. The molecule has 0 aliphatic carbocycles. The molecule has 3 N–H and O–H groups in total. The predicted octanol–water partition coefficient (Wildman–Crippen LogP) is 2.93. The zero-order chi connectivity index (χ0) is 20.9. The average molecular weight is 424 g/mol. The number of primary amides is 1. The van der Waals surface area contributed by atoms with E-state index in [0.717, 1.165) is 6.26 Å². The van der Waals surface area contributed by atoms with E-state index in [2.05, 4.69) is 5.32 Å². The number of hydrogen-bond donors (Lipinski definition) is 2. The summed E-state index contributed by atoms with van der Waals surface area (Å²) in [7, 11) is -3.55. The summed E-state index contributed by atoms with van der Waals surface area (Å²) >= 11 is 6.10. The molecule has 7 nitrogen and oxygen atoms in total. The first-order chi connectivity index (χ1) is 13.1. The summed E-state index contributed by atoms with van der Waals surface area (Å²) in [5, 5.41) is 3.10. The summed E-state index contributed by atoms with van der Waals surface area (Å²) in [5.74, 6) is -0.986. The van der Waals surface area contributed by atoms with Gasteiger partial charge in [-0.2, -0.15) is 0 Å². The van der Waals surface area contributed by atoms with Gasteiger partial charge in [0.1, 0.15) is 0 Å². The highest BCUT2D eigenvalue weighted by Crippen LogP contribution is 2.28. The Hall–Kier alpha value is -2.58. The normalized spacial score (nSPS) is 11.1. The molecule has 0 aromatic heterocycles. The molecule has 28 heavy (non-hydrogen) atoms. The highest BCUT2D eigenvalue weighted by molar-refractivity contribution is 7.92. The maximum atomic E-state index is 12.2. The van der Waals surface area contributed by atoms with Crippen LogP contribution in [0.3, 0.4) is 0 Å². The van der Waals surface area contributed by atoms with Crippen molar-refractivity contribution in [2.24, 2.45) is 5.73 Å². The Labute approximate surface area is 169 Å². The van der Waals surface area contributed by atoms with Gasteiger partial charge in [-0.15, -0.1) is 0 Å². The van der Waals surface area contributed by atoms with Crippen molar-refractivity contribution in [1.82, 2.24) is 0 Å². The van der Waals surface area contributed by atoms with E-state index in [1.807, 2.05) is 0 Å². The average Bonchev–Trinajstić information content (AvgIpc) is 2.61. The number of anilines is 2. The van der Waals surface area contributed by atoms with Gasteiger partial charge in [-0.3, -0.25) is 13.9 Å². The molecule has 0 fully saturated rings. The number of nitrogens with zero attached hydrogens (tertiary/aromatic N) is 1. The molecule has 0 bridgehead atoms. The van der Waals surface area contributed by atoms with E-state index in [9.17, 15) is 18.0 Å². The zero-order valence-corrected chi connectivity index (χ0v) is 17.2. The van der Waals surface area contributed by atoms with Gasteiger partial charge in [-0.25, -0.2) is 8.42 Å². The largest absolute Gasteiger partial charge is 0.366 e. The summed E-state index contributed by atoms with van der Waals surface area (Å²) in [6.07, 6.45) is 1.46. The van der Waals surface area contributed by atoms with Crippen LogP contribution in [0.15, 0.2) is 42.5 Å². The van der Waals surface area contributed by atoms with Crippen molar-refractivity contribution in [3.8, 4) is 0 Å². The third-order valence-electron chi connectivity index (χ3n) is 4.14. The van der Waals surface area contributed by atoms with E-state index in [1.165, 1.54) is 10.4 Å². The van der Waals surface area contributed by atoms with Crippen LogP contribution in [0.1, 0.15) is 28.8 Å². The number of benzene rings is 2. The van der Waals surface area contributed by atoms with Crippen molar-refractivity contribution in [2.45, 2.75) is 19.8 Å². The Morgan fingerprint density at radius 1 is 1.14 bits per heavy atom. The molecule has 0 heterocycles. The summed E-state index contributed by atoms with van der Waals surface area (Å²) < 4.78 is 25.7. The van der Waals surface area contributed by atoms with Gasteiger partial charge < -0.3 is 11.1 Å². The minimum absolute atomic E-state index is 0.0682. The van der Waals surface area contributed by atoms with Crippen LogP contribution >= 0.6 is 11.6 Å². The Kier molecular flexibility index (Phi) is 7.04. The van der Waals surface area contributed by atoms with Gasteiger partial charge >= 0.3 is 0 Å². The molecule has 2 amide bonds. The topological polar surface area (TPSA) is 110 Å². The molecule has 0 unspecified atom stereocenters. The van der Waals surface area contributed by atoms with Gasteiger partial charge in [0.05, 0.1) is 23.2 Å². The standard InChI is InChI=1S/C19H22ClN3O4S/c1-13-15(20)8-5-10-17(13)23(28(2,26)27)12-6-11-18(24)22-16-9-4-3-7-14(16)19(21)25/h3-5,7-10H,6,11-12H2,1-2H3,(H2,21,25)(H,22,24). The van der Waals surface area contributed by atoms with Gasteiger partial charge in [0.25, 0.3) is 5.91 Å². The van der Waals surface area contributed by atoms with Crippen molar-refractivity contribution in [1.29, 1.82) is 0 Å². The molecule has 0 spiro atoms. The molecular weight excluding hydrogens is 402 g/mol. The quantitative estimate of drug-likeness (QED) is 0.680. The molecule has 150 valence electrons. The first-order valence-corrected chi connectivity index (χ1v) is 10.8. The van der Waals surface area contributed by atoms with Crippen LogP contribution < -0.4 is 15.4 Å². The Bertz CT molecular complexity index is 992. The van der Waals surface area contributed by atoms with Crippen LogP contribution in [0.5, 0.6) is 0 Å².